The number of hydrogen-bond acceptors (Lipinski definition) is 7. The van der Waals surface area contributed by atoms with E-state index >= 15 is 0 Å². The van der Waals surface area contributed by atoms with Crippen molar-refractivity contribution in [2.24, 2.45) is 11.1 Å². The van der Waals surface area contributed by atoms with Crippen LogP contribution in [-0.4, -0.2) is 30.2 Å². The summed E-state index contributed by atoms with van der Waals surface area (Å²) in [5.41, 5.74) is 4.67. The van der Waals surface area contributed by atoms with Gasteiger partial charge >= 0.3 is 11.7 Å². The summed E-state index contributed by atoms with van der Waals surface area (Å²) in [4.78, 5) is 22.0. The first-order valence-corrected chi connectivity index (χ1v) is 6.06. The Balaban J connectivity index is 3.40. The molecule has 1 rings (SSSR count). The number of carbonyl (C=O) groups excluding carboxylic acids is 1. The van der Waals surface area contributed by atoms with Gasteiger partial charge in [0.25, 0.3) is 0 Å². The SMILES string of the molecule is COC(=O)C(C)(C)[C@H](N)c1cc(OC)c(O)c([N+](=O)[O-])c1. The lowest BCUT2D eigenvalue weighted by atomic mass is 9.81. The first-order chi connectivity index (χ1) is 9.66. The summed E-state index contributed by atoms with van der Waals surface area (Å²) in [7, 11) is 2.50. The van der Waals surface area contributed by atoms with E-state index in [1.807, 2.05) is 0 Å². The summed E-state index contributed by atoms with van der Waals surface area (Å²) < 4.78 is 9.58. The molecule has 0 radical (unpaired) electrons. The van der Waals surface area contributed by atoms with Gasteiger partial charge in [-0.05, 0) is 25.5 Å². The topological polar surface area (TPSA) is 125 Å². The monoisotopic (exact) mass is 298 g/mol. The Labute approximate surface area is 121 Å². The normalized spacial score (nSPS) is 12.6. The van der Waals surface area contributed by atoms with Crippen molar-refractivity contribution in [3.63, 3.8) is 0 Å². The Morgan fingerprint density at radius 3 is 2.43 bits per heavy atom. The lowest BCUT2D eigenvalue weighted by Gasteiger charge is -2.29. The molecule has 0 saturated carbocycles. The predicted molar refractivity (Wildman–Crippen MR) is 74.0 cm³/mol. The molecule has 0 fully saturated rings. The molecular weight excluding hydrogens is 280 g/mol. The number of ether oxygens (including phenoxy) is 2. The number of rotatable bonds is 5. The van der Waals surface area contributed by atoms with E-state index in [1.54, 1.807) is 13.8 Å². The fraction of sp³-hybridized carbons (Fsp3) is 0.462. The molecule has 116 valence electrons. The highest BCUT2D eigenvalue weighted by molar-refractivity contribution is 5.77. The number of methoxy groups -OCH3 is 2. The Morgan fingerprint density at radius 2 is 2.00 bits per heavy atom. The molecule has 21 heavy (non-hydrogen) atoms. The number of carbonyl (C=O) groups is 1. The van der Waals surface area contributed by atoms with E-state index in [9.17, 15) is 20.0 Å². The highest BCUT2D eigenvalue weighted by atomic mass is 16.6. The second kappa shape index (κ2) is 5.96. The largest absolute Gasteiger partial charge is 0.500 e. The maximum atomic E-state index is 11.8. The molecule has 0 heterocycles. The lowest BCUT2D eigenvalue weighted by molar-refractivity contribution is -0.386. The fourth-order valence-corrected chi connectivity index (χ4v) is 1.89. The molecule has 3 N–H and O–H groups in total. The summed E-state index contributed by atoms with van der Waals surface area (Å²) in [5, 5.41) is 20.7. The van der Waals surface area contributed by atoms with E-state index < -0.39 is 33.8 Å². The van der Waals surface area contributed by atoms with E-state index in [0.717, 1.165) is 6.07 Å². The zero-order valence-corrected chi connectivity index (χ0v) is 12.2. The third-order valence-corrected chi connectivity index (χ3v) is 3.34. The number of phenols is 1. The number of aromatic hydroxyl groups is 1. The van der Waals surface area contributed by atoms with E-state index in [2.05, 4.69) is 4.74 Å². The van der Waals surface area contributed by atoms with Gasteiger partial charge in [0.1, 0.15) is 0 Å². The van der Waals surface area contributed by atoms with Crippen LogP contribution in [0.3, 0.4) is 0 Å². The molecular formula is C13H18N2O6. The summed E-state index contributed by atoms with van der Waals surface area (Å²) in [5.74, 6) is -1.23. The third-order valence-electron chi connectivity index (χ3n) is 3.34. The Kier molecular flexibility index (Phi) is 4.74. The average Bonchev–Trinajstić information content (AvgIpc) is 2.45. The molecule has 1 atom stereocenters. The lowest BCUT2D eigenvalue weighted by Crippen LogP contribution is -2.37. The molecule has 0 saturated heterocycles. The molecule has 0 aliphatic rings. The highest BCUT2D eigenvalue weighted by Gasteiger charge is 2.38. The molecule has 0 bridgehead atoms. The number of nitrogens with two attached hydrogens (primary N) is 1. The van der Waals surface area contributed by atoms with Gasteiger partial charge in [0.2, 0.25) is 5.75 Å². The second-order valence-corrected chi connectivity index (χ2v) is 5.04. The molecule has 8 heteroatoms. The van der Waals surface area contributed by atoms with Crippen LogP contribution in [0.25, 0.3) is 0 Å². The standard InChI is InChI=1S/C13H18N2O6/c1-13(2,12(17)21-4)11(14)7-5-8(15(18)19)10(16)9(6-7)20-3/h5-6,11,16H,14H2,1-4H3/t11-/m1/s1. The predicted octanol–water partition coefficient (Wildman–Crippen LogP) is 1.51. The number of nitro benzene ring substituents is 1. The minimum atomic E-state index is -1.11. The molecule has 0 aliphatic carbocycles. The zero-order chi connectivity index (χ0) is 16.4. The van der Waals surface area contributed by atoms with Crippen LogP contribution in [-0.2, 0) is 9.53 Å². The number of nitrogens with zero attached hydrogens (tertiary/aromatic N) is 1. The molecule has 0 amide bonds. The minimum absolute atomic E-state index is 0.0877. The average molecular weight is 298 g/mol. The number of nitro groups is 1. The summed E-state index contributed by atoms with van der Waals surface area (Å²) >= 11 is 0. The van der Waals surface area contributed by atoms with Gasteiger partial charge in [0.05, 0.1) is 24.6 Å². The van der Waals surface area contributed by atoms with Crippen molar-refractivity contribution in [3.8, 4) is 11.5 Å². The van der Waals surface area contributed by atoms with Crippen LogP contribution in [0, 0.1) is 15.5 Å². The van der Waals surface area contributed by atoms with Crippen molar-refractivity contribution >= 4 is 11.7 Å². The molecule has 0 spiro atoms. The van der Waals surface area contributed by atoms with Gasteiger partial charge in [-0.2, -0.15) is 0 Å². The smallest absolute Gasteiger partial charge is 0.314 e. The number of esters is 1. The van der Waals surface area contributed by atoms with Crippen LogP contribution < -0.4 is 10.5 Å². The first-order valence-electron chi connectivity index (χ1n) is 6.06. The van der Waals surface area contributed by atoms with Crippen molar-refractivity contribution in [3.05, 3.63) is 27.8 Å². The molecule has 0 aromatic heterocycles. The first kappa shape index (κ1) is 16.7. The number of benzene rings is 1. The Bertz CT molecular complexity index is 570. The minimum Gasteiger partial charge on any atom is -0.500 e. The van der Waals surface area contributed by atoms with Crippen LogP contribution in [0.1, 0.15) is 25.5 Å². The van der Waals surface area contributed by atoms with Crippen molar-refractivity contribution in [1.29, 1.82) is 0 Å². The van der Waals surface area contributed by atoms with Gasteiger partial charge in [-0.3, -0.25) is 14.9 Å². The Hall–Kier alpha value is -2.35. The Morgan fingerprint density at radius 1 is 1.43 bits per heavy atom. The summed E-state index contributed by atoms with van der Waals surface area (Å²) in [6, 6.07) is 1.60. The fourth-order valence-electron chi connectivity index (χ4n) is 1.89. The molecule has 1 aromatic carbocycles. The molecule has 0 aliphatic heterocycles. The quantitative estimate of drug-likeness (QED) is 0.479. The number of hydrogen-bond donors (Lipinski definition) is 2. The van der Waals surface area contributed by atoms with Crippen molar-refractivity contribution in [1.82, 2.24) is 0 Å². The van der Waals surface area contributed by atoms with Crippen molar-refractivity contribution in [2.75, 3.05) is 14.2 Å². The van der Waals surface area contributed by atoms with E-state index in [0.29, 0.717) is 0 Å². The van der Waals surface area contributed by atoms with Crippen LogP contribution in [0.2, 0.25) is 0 Å². The summed E-state index contributed by atoms with van der Waals surface area (Å²) in [6.45, 7) is 3.13. The molecule has 8 nitrogen and oxygen atoms in total. The maximum absolute atomic E-state index is 11.8. The van der Waals surface area contributed by atoms with Gasteiger partial charge in [-0.15, -0.1) is 0 Å². The number of phenolic OH excluding ortho intramolecular Hbond substituents is 1. The van der Waals surface area contributed by atoms with Gasteiger partial charge in [0.15, 0.2) is 5.75 Å². The van der Waals surface area contributed by atoms with Gasteiger partial charge < -0.3 is 20.3 Å². The van der Waals surface area contributed by atoms with E-state index in [-0.39, 0.29) is 11.3 Å². The van der Waals surface area contributed by atoms with Crippen LogP contribution in [0.15, 0.2) is 12.1 Å². The van der Waals surface area contributed by atoms with Gasteiger partial charge in [-0.1, -0.05) is 0 Å². The van der Waals surface area contributed by atoms with Crippen LogP contribution >= 0.6 is 0 Å². The van der Waals surface area contributed by atoms with Gasteiger partial charge in [-0.25, -0.2) is 0 Å². The van der Waals surface area contributed by atoms with Crippen molar-refractivity contribution < 1.29 is 24.3 Å². The van der Waals surface area contributed by atoms with Crippen molar-refractivity contribution in [2.45, 2.75) is 19.9 Å². The summed E-state index contributed by atoms with van der Waals surface area (Å²) in [6.07, 6.45) is 0. The van der Waals surface area contributed by atoms with E-state index in [1.165, 1.54) is 20.3 Å². The van der Waals surface area contributed by atoms with Crippen LogP contribution in [0.4, 0.5) is 5.69 Å². The molecule has 0 unspecified atom stereocenters. The highest BCUT2D eigenvalue weighted by Crippen LogP contribution is 2.41. The second-order valence-electron chi connectivity index (χ2n) is 5.04. The third kappa shape index (κ3) is 3.05. The zero-order valence-electron chi connectivity index (χ0n) is 12.2. The maximum Gasteiger partial charge on any atom is 0.314 e. The van der Waals surface area contributed by atoms with E-state index in [4.69, 9.17) is 10.5 Å². The molecule has 1 aromatic rings. The van der Waals surface area contributed by atoms with Gasteiger partial charge in [0, 0.05) is 12.1 Å². The van der Waals surface area contributed by atoms with Crippen LogP contribution in [0.5, 0.6) is 11.5 Å².